The van der Waals surface area contributed by atoms with Crippen LogP contribution in [0.5, 0.6) is 5.75 Å². The molecule has 0 aliphatic carbocycles. The van der Waals surface area contributed by atoms with Crippen molar-refractivity contribution in [3.05, 3.63) is 59.2 Å². The number of hydrogen-bond donors (Lipinski definition) is 2. The third kappa shape index (κ3) is 2.38. The molecule has 0 bridgehead atoms. The van der Waals surface area contributed by atoms with Crippen LogP contribution in [0.3, 0.4) is 0 Å². The molecule has 20 heavy (non-hydrogen) atoms. The lowest BCUT2D eigenvalue weighted by Gasteiger charge is -2.10. The van der Waals surface area contributed by atoms with Crippen molar-refractivity contribution in [1.82, 2.24) is 4.90 Å². The van der Waals surface area contributed by atoms with Gasteiger partial charge in [0.1, 0.15) is 5.75 Å². The number of phenolic OH excluding ortho intramolecular Hbond substituents is 1. The molecule has 0 aromatic heterocycles. The first-order valence-electron chi connectivity index (χ1n) is 6.53. The SMILES string of the molecule is CN1Cc2cccc(NC(=O)c3ccc(O)cc3)c2C1. The van der Waals surface area contributed by atoms with Gasteiger partial charge >= 0.3 is 0 Å². The zero-order valence-electron chi connectivity index (χ0n) is 11.3. The van der Waals surface area contributed by atoms with Gasteiger partial charge < -0.3 is 10.4 Å². The molecule has 0 atom stereocenters. The Morgan fingerprint density at radius 3 is 2.65 bits per heavy atom. The maximum Gasteiger partial charge on any atom is 0.255 e. The van der Waals surface area contributed by atoms with Crippen LogP contribution in [0.4, 0.5) is 5.69 Å². The first-order valence-corrected chi connectivity index (χ1v) is 6.53. The Balaban J connectivity index is 1.84. The topological polar surface area (TPSA) is 52.6 Å². The van der Waals surface area contributed by atoms with Crippen molar-refractivity contribution in [2.24, 2.45) is 0 Å². The van der Waals surface area contributed by atoms with Crippen molar-refractivity contribution in [2.45, 2.75) is 13.1 Å². The Labute approximate surface area is 117 Å². The monoisotopic (exact) mass is 268 g/mol. The van der Waals surface area contributed by atoms with Crippen molar-refractivity contribution in [1.29, 1.82) is 0 Å². The lowest BCUT2D eigenvalue weighted by atomic mass is 10.1. The van der Waals surface area contributed by atoms with E-state index in [2.05, 4.69) is 23.3 Å². The van der Waals surface area contributed by atoms with Gasteiger partial charge in [0.2, 0.25) is 0 Å². The van der Waals surface area contributed by atoms with E-state index in [1.165, 1.54) is 23.3 Å². The number of carbonyl (C=O) groups is 1. The van der Waals surface area contributed by atoms with Gasteiger partial charge in [0.15, 0.2) is 0 Å². The maximum absolute atomic E-state index is 12.2. The van der Waals surface area contributed by atoms with Crippen LogP contribution in [-0.2, 0) is 13.1 Å². The van der Waals surface area contributed by atoms with E-state index in [1.807, 2.05) is 12.1 Å². The quantitative estimate of drug-likeness (QED) is 0.880. The van der Waals surface area contributed by atoms with Gasteiger partial charge in [-0.1, -0.05) is 12.1 Å². The number of rotatable bonds is 2. The number of fused-ring (bicyclic) bond motifs is 1. The third-order valence-electron chi connectivity index (χ3n) is 3.52. The number of carbonyl (C=O) groups excluding carboxylic acids is 1. The molecule has 1 amide bonds. The van der Waals surface area contributed by atoms with E-state index in [0.717, 1.165) is 18.8 Å². The van der Waals surface area contributed by atoms with Gasteiger partial charge in [-0.3, -0.25) is 9.69 Å². The second-order valence-corrected chi connectivity index (χ2v) is 5.12. The molecule has 4 heteroatoms. The fourth-order valence-corrected chi connectivity index (χ4v) is 2.51. The third-order valence-corrected chi connectivity index (χ3v) is 3.52. The molecule has 4 nitrogen and oxygen atoms in total. The number of nitrogens with zero attached hydrogens (tertiary/aromatic N) is 1. The van der Waals surface area contributed by atoms with Gasteiger partial charge in [-0.15, -0.1) is 0 Å². The second-order valence-electron chi connectivity index (χ2n) is 5.12. The van der Waals surface area contributed by atoms with E-state index in [1.54, 1.807) is 12.1 Å². The highest BCUT2D eigenvalue weighted by Crippen LogP contribution is 2.28. The number of hydrogen-bond acceptors (Lipinski definition) is 3. The van der Waals surface area contributed by atoms with E-state index in [-0.39, 0.29) is 11.7 Å². The molecule has 0 radical (unpaired) electrons. The minimum atomic E-state index is -0.159. The minimum absolute atomic E-state index is 0.156. The van der Waals surface area contributed by atoms with Gasteiger partial charge in [-0.2, -0.15) is 0 Å². The standard InChI is InChI=1S/C16H16N2O2/c1-18-9-12-3-2-4-15(14(12)10-18)17-16(20)11-5-7-13(19)8-6-11/h2-8,19H,9-10H2,1H3,(H,17,20). The zero-order valence-corrected chi connectivity index (χ0v) is 11.3. The summed E-state index contributed by atoms with van der Waals surface area (Å²) in [5, 5.41) is 12.2. The van der Waals surface area contributed by atoms with Gasteiger partial charge in [-0.05, 0) is 48.5 Å². The van der Waals surface area contributed by atoms with E-state index >= 15 is 0 Å². The Morgan fingerprint density at radius 1 is 1.15 bits per heavy atom. The molecule has 2 N–H and O–H groups in total. The summed E-state index contributed by atoms with van der Waals surface area (Å²) < 4.78 is 0. The Bertz CT molecular complexity index is 650. The predicted molar refractivity (Wildman–Crippen MR) is 77.7 cm³/mol. The molecule has 0 spiro atoms. The summed E-state index contributed by atoms with van der Waals surface area (Å²) in [6.45, 7) is 1.76. The summed E-state index contributed by atoms with van der Waals surface area (Å²) in [7, 11) is 2.06. The molecule has 0 saturated heterocycles. The zero-order chi connectivity index (χ0) is 14.1. The van der Waals surface area contributed by atoms with E-state index in [4.69, 9.17) is 0 Å². The van der Waals surface area contributed by atoms with Crippen LogP contribution in [0.2, 0.25) is 0 Å². The maximum atomic E-state index is 12.2. The molecule has 1 aliphatic rings. The summed E-state index contributed by atoms with van der Waals surface area (Å²) in [4.78, 5) is 14.4. The van der Waals surface area contributed by atoms with Crippen molar-refractivity contribution in [2.75, 3.05) is 12.4 Å². The van der Waals surface area contributed by atoms with Crippen LogP contribution in [-0.4, -0.2) is 23.0 Å². The van der Waals surface area contributed by atoms with Gasteiger partial charge in [0.25, 0.3) is 5.91 Å². The molecule has 0 saturated carbocycles. The van der Waals surface area contributed by atoms with Crippen molar-refractivity contribution >= 4 is 11.6 Å². The fraction of sp³-hybridized carbons (Fsp3) is 0.188. The molecule has 2 aromatic carbocycles. The summed E-state index contributed by atoms with van der Waals surface area (Å²) in [6, 6.07) is 12.2. The van der Waals surface area contributed by atoms with Crippen LogP contribution in [0.15, 0.2) is 42.5 Å². The normalized spacial score (nSPS) is 14.1. The summed E-state index contributed by atoms with van der Waals surface area (Å²) in [5.74, 6) is -0.00303. The largest absolute Gasteiger partial charge is 0.508 e. The Morgan fingerprint density at radius 2 is 1.90 bits per heavy atom. The average Bonchev–Trinajstić information content (AvgIpc) is 2.81. The molecule has 1 heterocycles. The van der Waals surface area contributed by atoms with Gasteiger partial charge in [0, 0.05) is 24.3 Å². The number of benzene rings is 2. The molecule has 1 aliphatic heterocycles. The number of anilines is 1. The molecule has 0 unspecified atom stereocenters. The predicted octanol–water partition coefficient (Wildman–Crippen LogP) is 2.59. The number of nitrogens with one attached hydrogen (secondary N) is 1. The first-order chi connectivity index (χ1) is 9.63. The average molecular weight is 268 g/mol. The summed E-state index contributed by atoms with van der Waals surface area (Å²) in [6.07, 6.45) is 0. The molecular formula is C16H16N2O2. The van der Waals surface area contributed by atoms with Crippen molar-refractivity contribution < 1.29 is 9.90 Å². The van der Waals surface area contributed by atoms with Gasteiger partial charge in [-0.25, -0.2) is 0 Å². The second kappa shape index (κ2) is 4.98. The van der Waals surface area contributed by atoms with E-state index < -0.39 is 0 Å². The van der Waals surface area contributed by atoms with Crippen LogP contribution in [0, 0.1) is 0 Å². The van der Waals surface area contributed by atoms with Crippen LogP contribution >= 0.6 is 0 Å². The van der Waals surface area contributed by atoms with Crippen LogP contribution in [0.25, 0.3) is 0 Å². The summed E-state index contributed by atoms with van der Waals surface area (Å²) in [5.41, 5.74) is 3.84. The number of amides is 1. The minimum Gasteiger partial charge on any atom is -0.508 e. The van der Waals surface area contributed by atoms with E-state index in [9.17, 15) is 9.90 Å². The highest BCUT2D eigenvalue weighted by molar-refractivity contribution is 6.04. The van der Waals surface area contributed by atoms with Crippen molar-refractivity contribution in [3.63, 3.8) is 0 Å². The van der Waals surface area contributed by atoms with Gasteiger partial charge in [0.05, 0.1) is 0 Å². The lowest BCUT2D eigenvalue weighted by molar-refractivity contribution is 0.102. The Kier molecular flexibility index (Phi) is 3.16. The summed E-state index contributed by atoms with van der Waals surface area (Å²) >= 11 is 0. The van der Waals surface area contributed by atoms with E-state index in [0.29, 0.717) is 5.56 Å². The molecular weight excluding hydrogens is 252 g/mol. The fourth-order valence-electron chi connectivity index (χ4n) is 2.51. The smallest absolute Gasteiger partial charge is 0.255 e. The highest BCUT2D eigenvalue weighted by atomic mass is 16.3. The number of aromatic hydroxyl groups is 1. The Hall–Kier alpha value is -2.33. The molecule has 102 valence electrons. The molecule has 3 rings (SSSR count). The first kappa shape index (κ1) is 12.7. The van der Waals surface area contributed by atoms with Crippen LogP contribution in [0.1, 0.15) is 21.5 Å². The van der Waals surface area contributed by atoms with Crippen molar-refractivity contribution in [3.8, 4) is 5.75 Å². The lowest BCUT2D eigenvalue weighted by Crippen LogP contribution is -2.13. The number of phenols is 1. The van der Waals surface area contributed by atoms with Crippen LogP contribution < -0.4 is 5.32 Å². The molecule has 2 aromatic rings. The molecule has 0 fully saturated rings. The highest BCUT2D eigenvalue weighted by Gasteiger charge is 2.19.